The van der Waals surface area contributed by atoms with E-state index in [2.05, 4.69) is 5.32 Å². The number of hydrogen-bond acceptors (Lipinski definition) is 5. The molecular formula is C32H41N3O5S. The topological polar surface area (TPSA) is 96.0 Å². The Morgan fingerprint density at radius 1 is 0.927 bits per heavy atom. The first kappa shape index (κ1) is 31.7. The van der Waals surface area contributed by atoms with Crippen LogP contribution in [0.3, 0.4) is 0 Å². The highest BCUT2D eigenvalue weighted by Gasteiger charge is 2.35. The predicted octanol–water partition coefficient (Wildman–Crippen LogP) is 5.23. The van der Waals surface area contributed by atoms with Crippen molar-refractivity contribution in [3.63, 3.8) is 0 Å². The molecule has 0 spiro atoms. The van der Waals surface area contributed by atoms with E-state index in [9.17, 15) is 18.0 Å². The first-order valence-corrected chi connectivity index (χ1v) is 15.1. The van der Waals surface area contributed by atoms with Gasteiger partial charge in [0.15, 0.2) is 0 Å². The zero-order chi connectivity index (χ0) is 30.4. The number of methoxy groups -OCH3 is 1. The normalized spacial score (nSPS) is 12.4. The van der Waals surface area contributed by atoms with Gasteiger partial charge in [-0.05, 0) is 76.4 Å². The van der Waals surface area contributed by atoms with Crippen LogP contribution < -0.4 is 14.4 Å². The average Bonchev–Trinajstić information content (AvgIpc) is 2.91. The van der Waals surface area contributed by atoms with Gasteiger partial charge >= 0.3 is 0 Å². The second kappa shape index (κ2) is 13.2. The SMILES string of the molecule is CCC(C(=O)NC(C)(C)C)N(Cc1ccccc1C)C(=O)CN(c1ccccc1OC)S(=O)(=O)c1ccc(C)cc1. The van der Waals surface area contributed by atoms with E-state index < -0.39 is 34.1 Å². The number of para-hydroxylation sites is 2. The molecule has 1 N–H and O–H groups in total. The minimum absolute atomic E-state index is 0.0461. The fourth-order valence-electron chi connectivity index (χ4n) is 4.53. The Labute approximate surface area is 244 Å². The minimum atomic E-state index is -4.19. The van der Waals surface area contributed by atoms with Gasteiger partial charge in [-0.15, -0.1) is 0 Å². The second-order valence-electron chi connectivity index (χ2n) is 11.1. The van der Waals surface area contributed by atoms with Crippen molar-refractivity contribution in [2.24, 2.45) is 0 Å². The minimum Gasteiger partial charge on any atom is -0.495 e. The highest BCUT2D eigenvalue weighted by Crippen LogP contribution is 2.32. The van der Waals surface area contributed by atoms with E-state index in [4.69, 9.17) is 4.74 Å². The van der Waals surface area contributed by atoms with E-state index in [0.717, 1.165) is 21.0 Å². The van der Waals surface area contributed by atoms with Crippen LogP contribution in [0.15, 0.2) is 77.7 Å². The van der Waals surface area contributed by atoms with Gasteiger partial charge in [0.05, 0.1) is 17.7 Å². The van der Waals surface area contributed by atoms with Gasteiger partial charge in [0.1, 0.15) is 18.3 Å². The molecule has 0 aromatic heterocycles. The summed E-state index contributed by atoms with van der Waals surface area (Å²) in [7, 11) is -2.74. The van der Waals surface area contributed by atoms with Gasteiger partial charge in [-0.2, -0.15) is 0 Å². The zero-order valence-electron chi connectivity index (χ0n) is 25.0. The van der Waals surface area contributed by atoms with Gasteiger partial charge in [-0.3, -0.25) is 13.9 Å². The van der Waals surface area contributed by atoms with Crippen LogP contribution in [0.5, 0.6) is 5.75 Å². The quantitative estimate of drug-likeness (QED) is 0.336. The van der Waals surface area contributed by atoms with Crippen LogP contribution in [-0.2, 0) is 26.2 Å². The van der Waals surface area contributed by atoms with Crippen molar-refractivity contribution in [3.8, 4) is 5.75 Å². The number of carbonyl (C=O) groups excluding carboxylic acids is 2. The summed E-state index contributed by atoms with van der Waals surface area (Å²) in [6.07, 6.45) is 0.346. The molecule has 2 amide bonds. The lowest BCUT2D eigenvalue weighted by molar-refractivity contribution is -0.141. The number of aryl methyl sites for hydroxylation is 2. The van der Waals surface area contributed by atoms with Crippen molar-refractivity contribution in [1.29, 1.82) is 0 Å². The Hall–Kier alpha value is -3.85. The molecule has 220 valence electrons. The van der Waals surface area contributed by atoms with Crippen LogP contribution in [0.4, 0.5) is 5.69 Å². The molecule has 0 radical (unpaired) electrons. The number of hydrogen-bond donors (Lipinski definition) is 1. The summed E-state index contributed by atoms with van der Waals surface area (Å²) >= 11 is 0. The smallest absolute Gasteiger partial charge is 0.264 e. The molecule has 0 aliphatic heterocycles. The number of ether oxygens (including phenoxy) is 1. The van der Waals surface area contributed by atoms with Crippen LogP contribution in [0.2, 0.25) is 0 Å². The number of rotatable bonds is 11. The average molecular weight is 580 g/mol. The van der Waals surface area contributed by atoms with Crippen molar-refractivity contribution < 1.29 is 22.7 Å². The second-order valence-corrected chi connectivity index (χ2v) is 13.0. The summed E-state index contributed by atoms with van der Waals surface area (Å²) in [6, 6.07) is 20.0. The molecule has 1 unspecified atom stereocenters. The van der Waals surface area contributed by atoms with Crippen LogP contribution in [-0.4, -0.2) is 50.4 Å². The lowest BCUT2D eigenvalue weighted by atomic mass is 10.0. The predicted molar refractivity (Wildman–Crippen MR) is 162 cm³/mol. The zero-order valence-corrected chi connectivity index (χ0v) is 25.8. The largest absolute Gasteiger partial charge is 0.495 e. The molecule has 0 aliphatic carbocycles. The molecule has 3 aromatic rings. The molecule has 9 heteroatoms. The third kappa shape index (κ3) is 7.88. The lowest BCUT2D eigenvalue weighted by Crippen LogP contribution is -2.55. The third-order valence-electron chi connectivity index (χ3n) is 6.73. The fraction of sp³-hybridized carbons (Fsp3) is 0.375. The number of benzene rings is 3. The van der Waals surface area contributed by atoms with E-state index in [-0.39, 0.29) is 23.0 Å². The van der Waals surface area contributed by atoms with Gasteiger partial charge in [0, 0.05) is 12.1 Å². The summed E-state index contributed by atoms with van der Waals surface area (Å²) in [6.45, 7) is 10.9. The Morgan fingerprint density at radius 2 is 1.54 bits per heavy atom. The van der Waals surface area contributed by atoms with Gasteiger partial charge in [0.2, 0.25) is 11.8 Å². The van der Waals surface area contributed by atoms with Crippen molar-refractivity contribution in [3.05, 3.63) is 89.5 Å². The maximum Gasteiger partial charge on any atom is 0.264 e. The summed E-state index contributed by atoms with van der Waals surface area (Å²) in [5, 5.41) is 2.99. The van der Waals surface area contributed by atoms with Gasteiger partial charge < -0.3 is 15.0 Å². The molecule has 0 fully saturated rings. The molecule has 3 aromatic carbocycles. The molecule has 0 bridgehead atoms. The molecule has 0 heterocycles. The van der Waals surface area contributed by atoms with Crippen LogP contribution in [0, 0.1) is 13.8 Å². The molecule has 8 nitrogen and oxygen atoms in total. The maximum atomic E-state index is 14.2. The molecule has 1 atom stereocenters. The summed E-state index contributed by atoms with van der Waals surface area (Å²) in [5.41, 5.74) is 2.45. The van der Waals surface area contributed by atoms with Crippen LogP contribution in [0.25, 0.3) is 0 Å². The number of carbonyl (C=O) groups is 2. The van der Waals surface area contributed by atoms with E-state index in [1.807, 2.05) is 65.8 Å². The molecular weight excluding hydrogens is 538 g/mol. The number of anilines is 1. The molecule has 0 aliphatic rings. The first-order chi connectivity index (χ1) is 19.3. The summed E-state index contributed by atoms with van der Waals surface area (Å²) in [5.74, 6) is -0.503. The summed E-state index contributed by atoms with van der Waals surface area (Å²) < 4.78 is 34.7. The fourth-order valence-corrected chi connectivity index (χ4v) is 5.95. The van der Waals surface area contributed by atoms with Crippen molar-refractivity contribution in [1.82, 2.24) is 10.2 Å². The number of amides is 2. The highest BCUT2D eigenvalue weighted by molar-refractivity contribution is 7.92. The first-order valence-electron chi connectivity index (χ1n) is 13.7. The molecule has 3 rings (SSSR count). The Bertz CT molecular complexity index is 1460. The van der Waals surface area contributed by atoms with E-state index in [0.29, 0.717) is 12.2 Å². The van der Waals surface area contributed by atoms with Crippen molar-refractivity contribution >= 4 is 27.5 Å². The molecule has 0 saturated carbocycles. The van der Waals surface area contributed by atoms with Crippen LogP contribution in [0.1, 0.15) is 50.8 Å². The Balaban J connectivity index is 2.12. The maximum absolute atomic E-state index is 14.2. The number of nitrogens with zero attached hydrogens (tertiary/aromatic N) is 2. The van der Waals surface area contributed by atoms with Crippen molar-refractivity contribution in [2.45, 2.75) is 71.0 Å². The third-order valence-corrected chi connectivity index (χ3v) is 8.50. The van der Waals surface area contributed by atoms with Crippen molar-refractivity contribution in [2.75, 3.05) is 18.0 Å². The Morgan fingerprint density at radius 3 is 2.12 bits per heavy atom. The van der Waals surface area contributed by atoms with Crippen LogP contribution >= 0.6 is 0 Å². The standard InChI is InChI=1S/C32H41N3O5S/c1-8-27(31(37)33-32(4,5)6)34(21-25-14-10-9-13-24(25)3)30(36)22-35(28-15-11-12-16-29(28)40-7)41(38,39)26-19-17-23(2)18-20-26/h9-20,27H,8,21-22H2,1-7H3,(H,33,37). The molecule has 0 saturated heterocycles. The van der Waals surface area contributed by atoms with Gasteiger partial charge in [-0.25, -0.2) is 8.42 Å². The lowest BCUT2D eigenvalue weighted by Gasteiger charge is -2.35. The number of nitrogens with one attached hydrogen (secondary N) is 1. The summed E-state index contributed by atoms with van der Waals surface area (Å²) in [4.78, 5) is 29.2. The Kier molecular flexibility index (Phi) is 10.2. The number of sulfonamides is 1. The van der Waals surface area contributed by atoms with E-state index in [1.54, 1.807) is 36.4 Å². The van der Waals surface area contributed by atoms with E-state index >= 15 is 0 Å². The highest BCUT2D eigenvalue weighted by atomic mass is 32.2. The van der Waals surface area contributed by atoms with Gasteiger partial charge in [0.25, 0.3) is 10.0 Å². The van der Waals surface area contributed by atoms with Gasteiger partial charge in [-0.1, -0.05) is 61.0 Å². The van der Waals surface area contributed by atoms with E-state index in [1.165, 1.54) is 24.1 Å². The monoisotopic (exact) mass is 579 g/mol. The molecule has 41 heavy (non-hydrogen) atoms.